The number of thioether (sulfide) groups is 1. The number of furan rings is 2. The Bertz CT molecular complexity index is 825. The number of carbonyl (C=O) groups excluding carboxylic acids is 1. The molecule has 1 atom stereocenters. The fraction of sp³-hybridized carbons (Fsp3) is 0.167. The topological polar surface area (TPSA) is 86.5 Å². The molecular weight excluding hydrogens is 342 g/mol. The monoisotopic (exact) mass is 357 g/mol. The van der Waals surface area contributed by atoms with Gasteiger partial charge in [-0.3, -0.25) is 14.9 Å². The van der Waals surface area contributed by atoms with E-state index in [9.17, 15) is 14.9 Å². The predicted octanol–water partition coefficient (Wildman–Crippen LogP) is 4.51. The summed E-state index contributed by atoms with van der Waals surface area (Å²) in [6.07, 6.45) is 3.51. The predicted molar refractivity (Wildman–Crippen MR) is 93.6 cm³/mol. The summed E-state index contributed by atoms with van der Waals surface area (Å²) in [6.45, 7) is 0. The van der Waals surface area contributed by atoms with E-state index in [4.69, 9.17) is 8.83 Å². The molecule has 0 bridgehead atoms. The van der Waals surface area contributed by atoms with Gasteiger partial charge in [-0.1, -0.05) is 12.1 Å². The van der Waals surface area contributed by atoms with Gasteiger partial charge in [0.05, 0.1) is 28.5 Å². The molecule has 0 radical (unpaired) electrons. The number of non-ortho nitro benzene ring substituents is 1. The van der Waals surface area contributed by atoms with Crippen LogP contribution in [0, 0.1) is 10.1 Å². The Morgan fingerprint density at radius 1 is 1.08 bits per heavy atom. The smallest absolute Gasteiger partial charge is 0.269 e. The number of ketones is 1. The van der Waals surface area contributed by atoms with E-state index in [1.165, 1.54) is 30.2 Å². The lowest BCUT2D eigenvalue weighted by atomic mass is 10.1. The van der Waals surface area contributed by atoms with Gasteiger partial charge in [0.25, 0.3) is 5.69 Å². The molecule has 0 saturated heterocycles. The van der Waals surface area contributed by atoms with Gasteiger partial charge >= 0.3 is 0 Å². The summed E-state index contributed by atoms with van der Waals surface area (Å²) < 4.78 is 10.5. The van der Waals surface area contributed by atoms with Gasteiger partial charge < -0.3 is 8.83 Å². The minimum atomic E-state index is -0.444. The minimum absolute atomic E-state index is 0.0286. The Hall–Kier alpha value is -2.80. The zero-order chi connectivity index (χ0) is 17.6. The maximum atomic E-state index is 12.7. The zero-order valence-corrected chi connectivity index (χ0v) is 14.0. The van der Waals surface area contributed by atoms with E-state index < -0.39 is 4.92 Å². The Balaban J connectivity index is 1.75. The molecule has 1 aromatic carbocycles. The third-order valence-corrected chi connectivity index (χ3v) is 4.87. The Morgan fingerprint density at radius 2 is 1.80 bits per heavy atom. The summed E-state index contributed by atoms with van der Waals surface area (Å²) in [6, 6.07) is 13.2. The minimum Gasteiger partial charge on any atom is -0.468 e. The van der Waals surface area contributed by atoms with E-state index in [1.807, 2.05) is 6.07 Å². The average Bonchev–Trinajstić information content (AvgIpc) is 3.31. The third kappa shape index (κ3) is 4.39. The molecule has 0 saturated carbocycles. The quantitative estimate of drug-likeness (QED) is 0.335. The summed E-state index contributed by atoms with van der Waals surface area (Å²) in [5, 5.41) is 10.4. The van der Waals surface area contributed by atoms with Crippen LogP contribution in [-0.2, 0) is 12.2 Å². The normalized spacial score (nSPS) is 12.0. The molecule has 7 heteroatoms. The van der Waals surface area contributed by atoms with E-state index >= 15 is 0 Å². The molecule has 25 heavy (non-hydrogen) atoms. The van der Waals surface area contributed by atoms with Crippen LogP contribution in [0.2, 0.25) is 0 Å². The maximum Gasteiger partial charge on any atom is 0.269 e. The molecular formula is C18H15NO5S. The number of Topliss-reactive ketones (excluding diaryl/α,β-unsaturated/α-hetero) is 1. The van der Waals surface area contributed by atoms with Crippen molar-refractivity contribution in [3.8, 4) is 0 Å². The zero-order valence-electron chi connectivity index (χ0n) is 13.2. The molecule has 0 N–H and O–H groups in total. The van der Waals surface area contributed by atoms with Crippen LogP contribution in [0.4, 0.5) is 5.69 Å². The van der Waals surface area contributed by atoms with Crippen LogP contribution in [-0.4, -0.2) is 16.0 Å². The van der Waals surface area contributed by atoms with Crippen molar-refractivity contribution in [1.82, 2.24) is 0 Å². The molecule has 0 aliphatic heterocycles. The third-order valence-electron chi connectivity index (χ3n) is 3.63. The maximum absolute atomic E-state index is 12.7. The number of nitro groups is 1. The number of carbonyl (C=O) groups is 1. The molecule has 0 fully saturated rings. The summed E-state index contributed by atoms with van der Waals surface area (Å²) in [7, 11) is 0. The van der Waals surface area contributed by atoms with Crippen molar-refractivity contribution in [3.05, 3.63) is 88.3 Å². The SMILES string of the molecule is O=C(c1ccco1)C(Cc1ccc([N+](=O)[O-])cc1)SCc1ccco1. The van der Waals surface area contributed by atoms with Crippen molar-refractivity contribution >= 4 is 23.2 Å². The van der Waals surface area contributed by atoms with Gasteiger partial charge in [0.15, 0.2) is 5.76 Å². The second-order valence-electron chi connectivity index (χ2n) is 5.35. The molecule has 3 aromatic rings. The van der Waals surface area contributed by atoms with Gasteiger partial charge in [-0.05, 0) is 36.2 Å². The van der Waals surface area contributed by atoms with E-state index in [1.54, 1.807) is 36.6 Å². The molecule has 2 heterocycles. The number of hydrogen-bond acceptors (Lipinski definition) is 6. The first-order valence-corrected chi connectivity index (χ1v) is 8.63. The van der Waals surface area contributed by atoms with Crippen molar-refractivity contribution in [2.24, 2.45) is 0 Å². The van der Waals surface area contributed by atoms with Gasteiger partial charge in [-0.15, -0.1) is 11.8 Å². The van der Waals surface area contributed by atoms with Gasteiger partial charge in [-0.25, -0.2) is 0 Å². The summed E-state index contributed by atoms with van der Waals surface area (Å²) >= 11 is 1.45. The van der Waals surface area contributed by atoms with Crippen molar-refractivity contribution < 1.29 is 18.6 Å². The highest BCUT2D eigenvalue weighted by Gasteiger charge is 2.24. The van der Waals surface area contributed by atoms with E-state index in [0.717, 1.165) is 11.3 Å². The van der Waals surface area contributed by atoms with Crippen LogP contribution in [0.3, 0.4) is 0 Å². The molecule has 2 aromatic heterocycles. The van der Waals surface area contributed by atoms with Gasteiger partial charge in [-0.2, -0.15) is 0 Å². The molecule has 1 unspecified atom stereocenters. The summed E-state index contributed by atoms with van der Waals surface area (Å²) in [4.78, 5) is 23.0. The largest absolute Gasteiger partial charge is 0.468 e. The standard InChI is InChI=1S/C18H15NO5S/c20-18(16-4-2-10-24-16)17(25-12-15-3-1-9-23-15)11-13-5-7-14(8-6-13)19(21)22/h1-10,17H,11-12H2. The van der Waals surface area contributed by atoms with Gasteiger partial charge in [0.1, 0.15) is 5.76 Å². The molecule has 0 amide bonds. The second kappa shape index (κ2) is 7.85. The lowest BCUT2D eigenvalue weighted by molar-refractivity contribution is -0.384. The summed E-state index contributed by atoms with van der Waals surface area (Å²) in [5.41, 5.74) is 0.878. The number of rotatable bonds is 8. The second-order valence-corrected chi connectivity index (χ2v) is 6.54. The number of nitrogens with zero attached hydrogens (tertiary/aromatic N) is 1. The Kier molecular flexibility index (Phi) is 5.35. The Labute approximate surface area is 148 Å². The van der Waals surface area contributed by atoms with Crippen molar-refractivity contribution in [2.75, 3.05) is 0 Å². The van der Waals surface area contributed by atoms with Crippen LogP contribution < -0.4 is 0 Å². The van der Waals surface area contributed by atoms with Gasteiger partial charge in [0, 0.05) is 12.1 Å². The highest BCUT2D eigenvalue weighted by atomic mass is 32.2. The molecule has 6 nitrogen and oxygen atoms in total. The molecule has 0 aliphatic carbocycles. The first-order chi connectivity index (χ1) is 12.1. The Morgan fingerprint density at radius 3 is 2.40 bits per heavy atom. The number of nitro benzene ring substituents is 1. The van der Waals surface area contributed by atoms with E-state index in [2.05, 4.69) is 0 Å². The van der Waals surface area contributed by atoms with E-state index in [0.29, 0.717) is 17.9 Å². The fourth-order valence-corrected chi connectivity index (χ4v) is 3.46. The van der Waals surface area contributed by atoms with Crippen LogP contribution in [0.5, 0.6) is 0 Å². The number of hydrogen-bond donors (Lipinski definition) is 0. The number of benzene rings is 1. The first kappa shape index (κ1) is 17.0. The first-order valence-electron chi connectivity index (χ1n) is 7.58. The average molecular weight is 357 g/mol. The molecule has 128 valence electrons. The lowest BCUT2D eigenvalue weighted by Crippen LogP contribution is -2.20. The fourth-order valence-electron chi connectivity index (χ4n) is 2.35. The van der Waals surface area contributed by atoms with Crippen LogP contribution in [0.1, 0.15) is 21.9 Å². The molecule has 0 aliphatic rings. The van der Waals surface area contributed by atoms with E-state index in [-0.39, 0.29) is 16.7 Å². The van der Waals surface area contributed by atoms with Crippen LogP contribution in [0.15, 0.2) is 69.9 Å². The van der Waals surface area contributed by atoms with Crippen LogP contribution in [0.25, 0.3) is 0 Å². The highest BCUT2D eigenvalue weighted by molar-refractivity contribution is 7.99. The van der Waals surface area contributed by atoms with Crippen molar-refractivity contribution in [1.29, 1.82) is 0 Å². The van der Waals surface area contributed by atoms with Crippen LogP contribution >= 0.6 is 11.8 Å². The lowest BCUT2D eigenvalue weighted by Gasteiger charge is -2.14. The van der Waals surface area contributed by atoms with Gasteiger partial charge in [0.2, 0.25) is 5.78 Å². The summed E-state index contributed by atoms with van der Waals surface area (Å²) in [5.74, 6) is 1.53. The molecule has 3 rings (SSSR count). The molecule has 0 spiro atoms. The van der Waals surface area contributed by atoms with Crippen molar-refractivity contribution in [3.63, 3.8) is 0 Å². The highest BCUT2D eigenvalue weighted by Crippen LogP contribution is 2.26. The van der Waals surface area contributed by atoms with Crippen molar-refractivity contribution in [2.45, 2.75) is 17.4 Å².